The highest BCUT2D eigenvalue weighted by Crippen LogP contribution is 2.53. The molecule has 0 unspecified atom stereocenters. The third-order valence-electron chi connectivity index (χ3n) is 10.7. The fraction of sp³-hybridized carbons (Fsp3) is 0.735. The predicted molar refractivity (Wildman–Crippen MR) is 172 cm³/mol. The van der Waals surface area contributed by atoms with Crippen molar-refractivity contribution in [1.29, 1.82) is 0 Å². The van der Waals surface area contributed by atoms with E-state index in [9.17, 15) is 14.4 Å². The van der Waals surface area contributed by atoms with Crippen molar-refractivity contribution < 1.29 is 14.4 Å². The molecule has 7 N–H and O–H groups in total. The summed E-state index contributed by atoms with van der Waals surface area (Å²) in [6.07, 6.45) is 13.6. The monoisotopic (exact) mass is 609 g/mol. The van der Waals surface area contributed by atoms with Gasteiger partial charge in [-0.25, -0.2) is 4.79 Å². The lowest BCUT2D eigenvalue weighted by Crippen LogP contribution is -2.61. The molecule has 10 nitrogen and oxygen atoms in total. The molecule has 2 heterocycles. The summed E-state index contributed by atoms with van der Waals surface area (Å²) in [6.45, 7) is 3.84. The second kappa shape index (κ2) is 15.5. The Kier molecular flexibility index (Phi) is 11.5. The molecule has 2 aliphatic carbocycles. The maximum atomic E-state index is 14.0. The standard InChI is InChI=1S/C34H55N7O3/c35-18-5-4-8-30(38-27-6-2-1-3-7-27)32(43)41-19-13-29(39-33(44)40-20-16-34(14-15-34)17-21-40)28(24-41)31(42)37-23-26-11-9-25(22-36)10-12-26/h9-12,27-30,38H,1-8,13-24,35-36H2,(H,37,42)(H,39,44)/t28-,29+,30+/m0/s1. The number of urea groups is 1. The van der Waals surface area contributed by atoms with Gasteiger partial charge in [-0.1, -0.05) is 49.9 Å². The normalized spacial score (nSPS) is 24.1. The van der Waals surface area contributed by atoms with Crippen LogP contribution in [0.4, 0.5) is 4.79 Å². The van der Waals surface area contributed by atoms with E-state index in [1.54, 1.807) is 0 Å². The lowest BCUT2D eigenvalue weighted by Gasteiger charge is -2.41. The van der Waals surface area contributed by atoms with Gasteiger partial charge in [0.25, 0.3) is 0 Å². The summed E-state index contributed by atoms with van der Waals surface area (Å²) in [7, 11) is 0. The second-order valence-electron chi connectivity index (χ2n) is 13.8. The zero-order valence-electron chi connectivity index (χ0n) is 26.5. The molecule has 0 aromatic heterocycles. The van der Waals surface area contributed by atoms with Crippen molar-refractivity contribution in [2.45, 2.75) is 115 Å². The number of nitrogens with zero attached hydrogens (tertiary/aromatic N) is 2. The van der Waals surface area contributed by atoms with E-state index in [1.807, 2.05) is 34.1 Å². The summed E-state index contributed by atoms with van der Waals surface area (Å²) in [6, 6.07) is 7.57. The van der Waals surface area contributed by atoms with Gasteiger partial charge in [0.2, 0.25) is 11.8 Å². The van der Waals surface area contributed by atoms with Crippen molar-refractivity contribution in [3.63, 3.8) is 0 Å². The smallest absolute Gasteiger partial charge is 0.317 e. The van der Waals surface area contributed by atoms with E-state index in [2.05, 4.69) is 16.0 Å². The van der Waals surface area contributed by atoms with Crippen molar-refractivity contribution >= 4 is 17.8 Å². The number of hydrogen-bond acceptors (Lipinski definition) is 6. The van der Waals surface area contributed by atoms with Gasteiger partial charge in [0, 0.05) is 51.4 Å². The highest BCUT2D eigenvalue weighted by molar-refractivity contribution is 5.85. The highest BCUT2D eigenvalue weighted by Gasteiger charge is 2.46. The van der Waals surface area contributed by atoms with Gasteiger partial charge < -0.3 is 37.2 Å². The first-order valence-electron chi connectivity index (χ1n) is 17.3. The van der Waals surface area contributed by atoms with Crippen molar-refractivity contribution in [2.75, 3.05) is 32.7 Å². The quantitative estimate of drug-likeness (QED) is 0.230. The molecule has 0 bridgehead atoms. The minimum Gasteiger partial charge on any atom is -0.352 e. The molecule has 2 aliphatic heterocycles. The fourth-order valence-electron chi connectivity index (χ4n) is 7.36. The molecule has 1 spiro atoms. The van der Waals surface area contributed by atoms with Gasteiger partial charge in [0.05, 0.1) is 12.0 Å². The zero-order valence-corrected chi connectivity index (χ0v) is 26.5. The molecule has 5 rings (SSSR count). The van der Waals surface area contributed by atoms with Crippen LogP contribution >= 0.6 is 0 Å². The van der Waals surface area contributed by atoms with Crippen LogP contribution in [0.2, 0.25) is 0 Å². The molecule has 244 valence electrons. The van der Waals surface area contributed by atoms with Gasteiger partial charge in [-0.3, -0.25) is 9.59 Å². The van der Waals surface area contributed by atoms with Crippen LogP contribution in [-0.2, 0) is 22.7 Å². The van der Waals surface area contributed by atoms with Crippen molar-refractivity contribution in [2.24, 2.45) is 22.8 Å². The van der Waals surface area contributed by atoms with Gasteiger partial charge in [0.15, 0.2) is 0 Å². The first kappa shape index (κ1) is 32.7. The number of rotatable bonds is 12. The Morgan fingerprint density at radius 1 is 0.864 bits per heavy atom. The Labute approximate surface area is 263 Å². The molecule has 4 fully saturated rings. The lowest BCUT2D eigenvalue weighted by molar-refractivity contribution is -0.138. The molecule has 4 aliphatic rings. The zero-order chi connectivity index (χ0) is 30.9. The average molecular weight is 610 g/mol. The fourth-order valence-corrected chi connectivity index (χ4v) is 7.36. The molecule has 2 saturated heterocycles. The predicted octanol–water partition coefficient (Wildman–Crippen LogP) is 2.98. The van der Waals surface area contributed by atoms with Crippen LogP contribution in [0.3, 0.4) is 0 Å². The van der Waals surface area contributed by atoms with E-state index in [4.69, 9.17) is 11.5 Å². The topological polar surface area (TPSA) is 146 Å². The van der Waals surface area contributed by atoms with Crippen LogP contribution in [0.15, 0.2) is 24.3 Å². The van der Waals surface area contributed by atoms with Crippen LogP contribution in [0, 0.1) is 11.3 Å². The number of amides is 4. The summed E-state index contributed by atoms with van der Waals surface area (Å²) < 4.78 is 0. The molecule has 10 heteroatoms. The summed E-state index contributed by atoms with van der Waals surface area (Å²) in [5, 5.41) is 10.0. The Bertz CT molecular complexity index is 1090. The molecule has 1 aromatic rings. The number of likely N-dealkylation sites (tertiary alicyclic amines) is 2. The number of carbonyl (C=O) groups is 3. The summed E-state index contributed by atoms with van der Waals surface area (Å²) in [5.74, 6) is -0.594. The lowest BCUT2D eigenvalue weighted by atomic mass is 9.89. The first-order valence-corrected chi connectivity index (χ1v) is 17.3. The van der Waals surface area contributed by atoms with Crippen LogP contribution in [0.5, 0.6) is 0 Å². The summed E-state index contributed by atoms with van der Waals surface area (Å²) >= 11 is 0. The number of piperidine rings is 2. The van der Waals surface area contributed by atoms with Crippen molar-refractivity contribution in [3.8, 4) is 0 Å². The molecular weight excluding hydrogens is 554 g/mol. The van der Waals surface area contributed by atoms with Gasteiger partial charge in [-0.05, 0) is 80.9 Å². The Hall–Kier alpha value is -2.69. The van der Waals surface area contributed by atoms with Crippen LogP contribution < -0.4 is 27.4 Å². The van der Waals surface area contributed by atoms with Gasteiger partial charge in [0.1, 0.15) is 0 Å². The number of benzene rings is 1. The molecule has 0 radical (unpaired) electrons. The molecule has 44 heavy (non-hydrogen) atoms. The van der Waals surface area contributed by atoms with Gasteiger partial charge in [-0.2, -0.15) is 0 Å². The van der Waals surface area contributed by atoms with Gasteiger partial charge in [-0.15, -0.1) is 0 Å². The maximum absolute atomic E-state index is 14.0. The van der Waals surface area contributed by atoms with E-state index in [0.717, 1.165) is 69.2 Å². The van der Waals surface area contributed by atoms with E-state index in [-0.39, 0.29) is 29.9 Å². The number of hydrogen-bond donors (Lipinski definition) is 5. The highest BCUT2D eigenvalue weighted by atomic mass is 16.2. The second-order valence-corrected chi connectivity index (χ2v) is 13.8. The number of nitrogens with one attached hydrogen (secondary N) is 3. The first-order chi connectivity index (χ1) is 21.4. The number of nitrogens with two attached hydrogens (primary N) is 2. The maximum Gasteiger partial charge on any atom is 0.317 e. The van der Waals surface area contributed by atoms with E-state index in [0.29, 0.717) is 50.6 Å². The van der Waals surface area contributed by atoms with Crippen LogP contribution in [-0.4, -0.2) is 78.5 Å². The van der Waals surface area contributed by atoms with Crippen LogP contribution in [0.1, 0.15) is 94.6 Å². The Balaban J connectivity index is 1.25. The van der Waals surface area contributed by atoms with Crippen LogP contribution in [0.25, 0.3) is 0 Å². The summed E-state index contributed by atoms with van der Waals surface area (Å²) in [4.78, 5) is 44.9. The minimum absolute atomic E-state index is 0.0679. The van der Waals surface area contributed by atoms with Crippen molar-refractivity contribution in [3.05, 3.63) is 35.4 Å². The molecule has 1 aromatic carbocycles. The molecular formula is C34H55N7O3. The third kappa shape index (κ3) is 8.73. The van der Waals surface area contributed by atoms with E-state index in [1.165, 1.54) is 32.1 Å². The van der Waals surface area contributed by atoms with E-state index >= 15 is 0 Å². The third-order valence-corrected chi connectivity index (χ3v) is 10.7. The largest absolute Gasteiger partial charge is 0.352 e. The number of carbonyl (C=O) groups excluding carboxylic acids is 3. The average Bonchev–Trinajstić information content (AvgIpc) is 3.82. The summed E-state index contributed by atoms with van der Waals surface area (Å²) in [5.41, 5.74) is 14.0. The van der Waals surface area contributed by atoms with Crippen molar-refractivity contribution in [1.82, 2.24) is 25.8 Å². The number of unbranched alkanes of at least 4 members (excludes halogenated alkanes) is 1. The Morgan fingerprint density at radius 2 is 1.57 bits per heavy atom. The molecule has 4 amide bonds. The Morgan fingerprint density at radius 3 is 2.23 bits per heavy atom. The van der Waals surface area contributed by atoms with Gasteiger partial charge >= 0.3 is 6.03 Å². The SMILES string of the molecule is NCCCC[C@@H](NC1CCCCC1)C(=O)N1CC[C@@H](NC(=O)N2CCC3(CC2)CC3)[C@@H](C(=O)NCc2ccc(CN)cc2)C1. The molecule has 2 saturated carbocycles. The van der Waals surface area contributed by atoms with E-state index < -0.39 is 5.92 Å². The minimum atomic E-state index is -0.529. The molecule has 3 atom stereocenters.